The minimum Gasteiger partial charge on any atom is -0.497 e. The first-order chi connectivity index (χ1) is 16.2. The third kappa shape index (κ3) is 6.01. The number of aliphatic hydroxyl groups is 1. The van der Waals surface area contributed by atoms with Crippen molar-refractivity contribution in [2.75, 3.05) is 26.7 Å². The van der Waals surface area contributed by atoms with Gasteiger partial charge in [-0.05, 0) is 73.0 Å². The first kappa shape index (κ1) is 23.5. The van der Waals surface area contributed by atoms with Gasteiger partial charge in [0.1, 0.15) is 5.75 Å². The molecule has 0 aliphatic carbocycles. The van der Waals surface area contributed by atoms with Crippen LogP contribution >= 0.6 is 0 Å². The number of fused-ring (bicyclic) bond motifs is 1. The van der Waals surface area contributed by atoms with Gasteiger partial charge in [-0.3, -0.25) is 9.88 Å². The molecule has 1 aliphatic rings. The maximum absolute atomic E-state index is 11.1. The van der Waals surface area contributed by atoms with Gasteiger partial charge in [0.05, 0.1) is 18.7 Å². The second-order valence-corrected chi connectivity index (χ2v) is 9.17. The standard InChI is InChI=1S/C29H36N2O2/c1-3-23-21-31(18-7-10-22-8-5-4-6-9-22)19-16-24(23)11-14-29(32)26-15-17-30-28-13-12-25(33-2)20-27(26)28/h4-10,12-13,15,17,20,23-24,29,32H,3,11,14,16,18-19,21H2,1-2H3/t23-,24+,29?/m0/s1. The van der Waals surface area contributed by atoms with E-state index < -0.39 is 6.10 Å². The smallest absolute Gasteiger partial charge is 0.119 e. The number of likely N-dealkylation sites (tertiary alicyclic amines) is 1. The van der Waals surface area contributed by atoms with Crippen LogP contribution in [-0.2, 0) is 0 Å². The van der Waals surface area contributed by atoms with Crippen molar-refractivity contribution < 1.29 is 9.84 Å². The van der Waals surface area contributed by atoms with Gasteiger partial charge in [0.15, 0.2) is 0 Å². The summed E-state index contributed by atoms with van der Waals surface area (Å²) < 4.78 is 5.39. The Kier molecular flexibility index (Phi) is 8.14. The third-order valence-corrected chi connectivity index (χ3v) is 7.13. The first-order valence-corrected chi connectivity index (χ1v) is 12.2. The molecule has 0 spiro atoms. The molecule has 4 heteroatoms. The van der Waals surface area contributed by atoms with Gasteiger partial charge in [0.2, 0.25) is 0 Å². The van der Waals surface area contributed by atoms with E-state index in [1.807, 2.05) is 24.3 Å². The molecule has 0 saturated carbocycles. The maximum atomic E-state index is 11.1. The van der Waals surface area contributed by atoms with E-state index in [2.05, 4.69) is 59.3 Å². The van der Waals surface area contributed by atoms with Crippen LogP contribution in [0.3, 0.4) is 0 Å². The summed E-state index contributed by atoms with van der Waals surface area (Å²) in [6.45, 7) is 5.59. The van der Waals surface area contributed by atoms with E-state index in [0.717, 1.165) is 54.7 Å². The Hall–Kier alpha value is -2.69. The lowest BCUT2D eigenvalue weighted by Crippen LogP contribution is -2.40. The fraction of sp³-hybridized carbons (Fsp3) is 0.414. The molecule has 1 aromatic heterocycles. The van der Waals surface area contributed by atoms with Gasteiger partial charge < -0.3 is 9.84 Å². The molecule has 2 heterocycles. The largest absolute Gasteiger partial charge is 0.497 e. The van der Waals surface area contributed by atoms with Gasteiger partial charge in [-0.1, -0.05) is 55.8 Å². The summed E-state index contributed by atoms with van der Waals surface area (Å²) >= 11 is 0. The molecule has 1 fully saturated rings. The molecule has 1 saturated heterocycles. The second-order valence-electron chi connectivity index (χ2n) is 9.17. The van der Waals surface area contributed by atoms with E-state index in [1.54, 1.807) is 13.3 Å². The summed E-state index contributed by atoms with van der Waals surface area (Å²) in [5.41, 5.74) is 3.11. The summed E-state index contributed by atoms with van der Waals surface area (Å²) in [5.74, 6) is 2.15. The molecule has 3 aromatic rings. The van der Waals surface area contributed by atoms with Crippen LogP contribution in [0.4, 0.5) is 0 Å². The topological polar surface area (TPSA) is 45.6 Å². The summed E-state index contributed by atoms with van der Waals surface area (Å²) in [7, 11) is 1.67. The molecule has 1 aliphatic heterocycles. The number of benzene rings is 2. The third-order valence-electron chi connectivity index (χ3n) is 7.13. The Morgan fingerprint density at radius 2 is 2.00 bits per heavy atom. The van der Waals surface area contributed by atoms with Crippen molar-refractivity contribution in [3.05, 3.63) is 78.0 Å². The lowest BCUT2D eigenvalue weighted by atomic mass is 9.80. The molecular weight excluding hydrogens is 408 g/mol. The Bertz CT molecular complexity index is 1050. The molecule has 1 N–H and O–H groups in total. The lowest BCUT2D eigenvalue weighted by Gasteiger charge is -2.38. The van der Waals surface area contributed by atoms with Crippen LogP contribution < -0.4 is 4.74 Å². The predicted molar refractivity (Wildman–Crippen MR) is 136 cm³/mol. The summed E-state index contributed by atoms with van der Waals surface area (Å²) in [4.78, 5) is 7.02. The molecule has 4 rings (SSSR count). The molecule has 4 nitrogen and oxygen atoms in total. The Balaban J connectivity index is 1.33. The second kappa shape index (κ2) is 11.4. The summed E-state index contributed by atoms with van der Waals surface area (Å²) in [6.07, 6.45) is 10.1. The summed E-state index contributed by atoms with van der Waals surface area (Å²) in [6, 6.07) is 18.3. The summed E-state index contributed by atoms with van der Waals surface area (Å²) in [5, 5.41) is 12.0. The fourth-order valence-corrected chi connectivity index (χ4v) is 5.16. The van der Waals surface area contributed by atoms with Crippen LogP contribution in [-0.4, -0.2) is 41.7 Å². The zero-order chi connectivity index (χ0) is 23.0. The molecule has 33 heavy (non-hydrogen) atoms. The zero-order valence-corrected chi connectivity index (χ0v) is 19.9. The van der Waals surface area contributed by atoms with E-state index in [9.17, 15) is 5.11 Å². The van der Waals surface area contributed by atoms with Gasteiger partial charge in [0.25, 0.3) is 0 Å². The number of methoxy groups -OCH3 is 1. The van der Waals surface area contributed by atoms with Gasteiger partial charge in [-0.2, -0.15) is 0 Å². The molecule has 3 atom stereocenters. The highest BCUT2D eigenvalue weighted by Gasteiger charge is 2.28. The van der Waals surface area contributed by atoms with Crippen molar-refractivity contribution in [3.8, 4) is 5.75 Å². The van der Waals surface area contributed by atoms with Gasteiger partial charge >= 0.3 is 0 Å². The van der Waals surface area contributed by atoms with E-state index in [0.29, 0.717) is 11.8 Å². The number of aromatic nitrogens is 1. The van der Waals surface area contributed by atoms with Crippen LogP contribution in [0.15, 0.2) is 66.9 Å². The maximum Gasteiger partial charge on any atom is 0.119 e. The molecule has 174 valence electrons. The average molecular weight is 445 g/mol. The van der Waals surface area contributed by atoms with Gasteiger partial charge in [-0.25, -0.2) is 0 Å². The number of hydrogen-bond donors (Lipinski definition) is 1. The van der Waals surface area contributed by atoms with E-state index in [4.69, 9.17) is 4.74 Å². The lowest BCUT2D eigenvalue weighted by molar-refractivity contribution is 0.0981. The van der Waals surface area contributed by atoms with E-state index in [1.165, 1.54) is 18.4 Å². The minimum atomic E-state index is -0.480. The number of rotatable bonds is 9. The van der Waals surface area contributed by atoms with E-state index in [-0.39, 0.29) is 0 Å². The zero-order valence-electron chi connectivity index (χ0n) is 19.9. The highest BCUT2D eigenvalue weighted by Crippen LogP contribution is 2.34. The molecule has 0 amide bonds. The SMILES string of the molecule is CC[C@H]1CN(CC=Cc2ccccc2)CC[C@H]1CCC(O)c1ccnc2ccc(OC)cc12. The number of ether oxygens (including phenoxy) is 1. The normalized spacial score (nSPS) is 20.3. The highest BCUT2D eigenvalue weighted by molar-refractivity contribution is 5.83. The van der Waals surface area contributed by atoms with Crippen molar-refractivity contribution in [2.24, 2.45) is 11.8 Å². The van der Waals surface area contributed by atoms with Crippen LogP contribution in [0.5, 0.6) is 5.75 Å². The van der Waals surface area contributed by atoms with Crippen molar-refractivity contribution >= 4 is 17.0 Å². The van der Waals surface area contributed by atoms with Crippen LogP contribution in [0, 0.1) is 11.8 Å². The molecular formula is C29H36N2O2. The quantitative estimate of drug-likeness (QED) is 0.432. The number of hydrogen-bond acceptors (Lipinski definition) is 4. The van der Waals surface area contributed by atoms with Crippen LogP contribution in [0.1, 0.15) is 49.8 Å². The van der Waals surface area contributed by atoms with E-state index >= 15 is 0 Å². The fourth-order valence-electron chi connectivity index (χ4n) is 5.16. The average Bonchev–Trinajstić information content (AvgIpc) is 2.87. The van der Waals surface area contributed by atoms with Crippen molar-refractivity contribution in [3.63, 3.8) is 0 Å². The number of aliphatic hydroxyl groups excluding tert-OH is 1. The molecule has 2 aromatic carbocycles. The molecule has 0 bridgehead atoms. The van der Waals surface area contributed by atoms with Crippen LogP contribution in [0.2, 0.25) is 0 Å². The Labute approximate surface area is 197 Å². The molecule has 0 radical (unpaired) electrons. The first-order valence-electron chi connectivity index (χ1n) is 12.2. The number of pyridine rings is 1. The van der Waals surface area contributed by atoms with Gasteiger partial charge in [-0.15, -0.1) is 0 Å². The van der Waals surface area contributed by atoms with Crippen molar-refractivity contribution in [2.45, 2.75) is 38.7 Å². The van der Waals surface area contributed by atoms with Crippen molar-refractivity contribution in [1.82, 2.24) is 9.88 Å². The number of piperidine rings is 1. The Morgan fingerprint density at radius 3 is 2.79 bits per heavy atom. The minimum absolute atomic E-state index is 0.480. The van der Waals surface area contributed by atoms with Crippen LogP contribution in [0.25, 0.3) is 17.0 Å². The predicted octanol–water partition coefficient (Wildman–Crippen LogP) is 6.12. The molecule has 1 unspecified atom stereocenters. The number of nitrogens with zero attached hydrogens (tertiary/aromatic N) is 2. The highest BCUT2D eigenvalue weighted by atomic mass is 16.5. The van der Waals surface area contributed by atoms with Gasteiger partial charge in [0, 0.05) is 24.7 Å². The monoisotopic (exact) mass is 444 g/mol. The Morgan fingerprint density at radius 1 is 1.15 bits per heavy atom. The van der Waals surface area contributed by atoms with Crippen molar-refractivity contribution in [1.29, 1.82) is 0 Å².